The zero-order chi connectivity index (χ0) is 23.8. The molecule has 11 nitrogen and oxygen atoms in total. The molecular formula is C20H20N6O5S3. The van der Waals surface area contributed by atoms with E-state index >= 15 is 0 Å². The number of rotatable bonds is 7. The second-order valence-corrected chi connectivity index (χ2v) is 10.7. The van der Waals surface area contributed by atoms with Crippen LogP contribution in [0.3, 0.4) is 0 Å². The number of hydrogen-bond acceptors (Lipinski definition) is 11. The number of aliphatic carboxylic acids is 1. The first-order valence-electron chi connectivity index (χ1n) is 10.5. The number of carboxylic acids is 1. The molecule has 0 radical (unpaired) electrons. The maximum atomic E-state index is 13.1. The van der Waals surface area contributed by atoms with Gasteiger partial charge in [0.2, 0.25) is 0 Å². The lowest BCUT2D eigenvalue weighted by atomic mass is 10.0. The minimum absolute atomic E-state index is 0.0654. The van der Waals surface area contributed by atoms with Gasteiger partial charge in [-0.05, 0) is 25.7 Å². The van der Waals surface area contributed by atoms with Crippen molar-refractivity contribution in [2.24, 2.45) is 5.16 Å². The van der Waals surface area contributed by atoms with Crippen LogP contribution in [0.1, 0.15) is 36.4 Å². The molecule has 2 aromatic rings. The quantitative estimate of drug-likeness (QED) is 0.281. The first-order valence-corrected chi connectivity index (χ1v) is 13.3. The van der Waals surface area contributed by atoms with Crippen molar-refractivity contribution in [3.63, 3.8) is 0 Å². The molecule has 0 unspecified atom stereocenters. The van der Waals surface area contributed by atoms with Crippen LogP contribution in [0.4, 0.5) is 5.13 Å². The highest BCUT2D eigenvalue weighted by molar-refractivity contribution is 8.00. The molecule has 2 amide bonds. The van der Waals surface area contributed by atoms with Gasteiger partial charge in [0.15, 0.2) is 10.8 Å². The molecule has 14 heteroatoms. The van der Waals surface area contributed by atoms with Gasteiger partial charge in [-0.2, -0.15) is 0 Å². The Morgan fingerprint density at radius 2 is 2.09 bits per heavy atom. The van der Waals surface area contributed by atoms with E-state index in [9.17, 15) is 19.5 Å². The van der Waals surface area contributed by atoms with E-state index in [-0.39, 0.29) is 28.3 Å². The molecule has 0 aromatic carbocycles. The highest BCUT2D eigenvalue weighted by Crippen LogP contribution is 2.43. The lowest BCUT2D eigenvalue weighted by Crippen LogP contribution is -2.71. The summed E-state index contributed by atoms with van der Waals surface area (Å²) in [6, 6.07) is -0.905. The Bertz CT molecular complexity index is 1190. The van der Waals surface area contributed by atoms with Gasteiger partial charge < -0.3 is 21.0 Å². The smallest absolute Gasteiger partial charge is 0.353 e. The maximum Gasteiger partial charge on any atom is 0.353 e. The average Bonchev–Trinajstić information content (AvgIpc) is 3.60. The Hall–Kier alpha value is -2.97. The van der Waals surface area contributed by atoms with Crippen molar-refractivity contribution in [3.8, 4) is 0 Å². The molecule has 0 spiro atoms. The molecule has 3 aliphatic rings. The number of thiazole rings is 2. The summed E-state index contributed by atoms with van der Waals surface area (Å²) < 4.78 is 0. The number of fused-ring (bicyclic) bond motifs is 1. The topological polar surface area (TPSA) is 160 Å². The number of β-lactam (4-membered cyclic amide) rings is 1. The Kier molecular flexibility index (Phi) is 6.27. The summed E-state index contributed by atoms with van der Waals surface area (Å²) in [5, 5.41) is 20.2. The van der Waals surface area contributed by atoms with Gasteiger partial charge in [-0.3, -0.25) is 14.5 Å². The Balaban J connectivity index is 1.36. The lowest BCUT2D eigenvalue weighted by molar-refractivity contribution is -0.149. The predicted molar refractivity (Wildman–Crippen MR) is 128 cm³/mol. The average molecular weight is 521 g/mol. The predicted octanol–water partition coefficient (Wildman–Crippen LogP) is 1.74. The third kappa shape index (κ3) is 4.16. The van der Waals surface area contributed by atoms with E-state index in [2.05, 4.69) is 20.4 Å². The highest BCUT2D eigenvalue weighted by Gasteiger charge is 2.54. The second kappa shape index (κ2) is 9.35. The first-order chi connectivity index (χ1) is 16.4. The number of nitrogens with one attached hydrogen (secondary N) is 1. The largest absolute Gasteiger partial charge is 0.477 e. The van der Waals surface area contributed by atoms with Crippen LogP contribution < -0.4 is 11.1 Å². The molecule has 4 heterocycles. The van der Waals surface area contributed by atoms with E-state index in [1.165, 1.54) is 28.0 Å². The van der Waals surface area contributed by atoms with Crippen LogP contribution in [0, 0.1) is 0 Å². The molecule has 2 aromatic heterocycles. The van der Waals surface area contributed by atoms with Gasteiger partial charge in [0.1, 0.15) is 33.9 Å². The zero-order valence-electron chi connectivity index (χ0n) is 17.7. The molecule has 2 aliphatic heterocycles. The number of carbonyl (C=O) groups is 3. The van der Waals surface area contributed by atoms with Crippen molar-refractivity contribution in [1.82, 2.24) is 20.2 Å². The van der Waals surface area contributed by atoms with Gasteiger partial charge >= 0.3 is 5.97 Å². The first kappa shape index (κ1) is 22.8. The molecule has 5 rings (SSSR count). The molecule has 0 bridgehead atoms. The van der Waals surface area contributed by atoms with Crippen LogP contribution in [0.15, 0.2) is 27.8 Å². The molecule has 178 valence electrons. The molecule has 2 fully saturated rings. The number of thioether (sulfide) groups is 1. The van der Waals surface area contributed by atoms with Crippen LogP contribution in [-0.4, -0.2) is 66.7 Å². The van der Waals surface area contributed by atoms with E-state index in [1.807, 2.05) is 0 Å². The van der Waals surface area contributed by atoms with E-state index in [1.54, 1.807) is 17.0 Å². The fraction of sp³-hybridized carbons (Fsp3) is 0.400. The maximum absolute atomic E-state index is 13.1. The van der Waals surface area contributed by atoms with Gasteiger partial charge in [-0.1, -0.05) is 5.16 Å². The third-order valence-corrected chi connectivity index (χ3v) is 8.51. The molecule has 4 N–H and O–H groups in total. The van der Waals surface area contributed by atoms with Crippen molar-refractivity contribution < 1.29 is 24.3 Å². The van der Waals surface area contributed by atoms with Crippen LogP contribution >= 0.6 is 34.4 Å². The summed E-state index contributed by atoms with van der Waals surface area (Å²) in [6.07, 6.45) is 5.32. The summed E-state index contributed by atoms with van der Waals surface area (Å²) in [4.78, 5) is 53.2. The number of carboxylic acid groups (broad SMARTS) is 1. The van der Waals surface area contributed by atoms with Crippen molar-refractivity contribution in [3.05, 3.63) is 33.4 Å². The van der Waals surface area contributed by atoms with Crippen molar-refractivity contribution in [2.45, 2.75) is 43.2 Å². The minimum Gasteiger partial charge on any atom is -0.477 e. The van der Waals surface area contributed by atoms with E-state index in [0.29, 0.717) is 16.3 Å². The van der Waals surface area contributed by atoms with Gasteiger partial charge in [-0.25, -0.2) is 14.8 Å². The van der Waals surface area contributed by atoms with Gasteiger partial charge in [0.25, 0.3) is 11.8 Å². The molecule has 1 aliphatic carbocycles. The molecule has 1 saturated heterocycles. The number of nitrogens with two attached hydrogens (primary N) is 1. The molecule has 1 saturated carbocycles. The van der Waals surface area contributed by atoms with Crippen LogP contribution in [-0.2, 0) is 19.2 Å². The number of aromatic nitrogens is 2. The number of nitrogens with zero attached hydrogens (tertiary/aromatic N) is 4. The normalized spacial score (nSPS) is 23.0. The van der Waals surface area contributed by atoms with E-state index in [0.717, 1.165) is 37.0 Å². The number of hydrogen-bond donors (Lipinski definition) is 3. The van der Waals surface area contributed by atoms with Crippen molar-refractivity contribution in [1.29, 1.82) is 0 Å². The molecule has 34 heavy (non-hydrogen) atoms. The second-order valence-electron chi connectivity index (χ2n) is 7.85. The Morgan fingerprint density at radius 1 is 1.29 bits per heavy atom. The fourth-order valence-electron chi connectivity index (χ4n) is 4.09. The van der Waals surface area contributed by atoms with Crippen LogP contribution in [0.2, 0.25) is 0 Å². The Morgan fingerprint density at radius 3 is 2.74 bits per heavy atom. The SMILES string of the molecule is Nc1nc(/C(=N/OC2CCCC2)C(=O)N[C@@H]2C(=O)N3C(C(=O)O)=C(c4nccs4)CS[C@H]23)cs1. The lowest BCUT2D eigenvalue weighted by Gasteiger charge is -2.49. The standard InChI is InChI=1S/C20H20N6O5S3/c21-20-23-11(8-34-20)12(25-31-9-3-1-2-4-9)15(27)24-13-17(28)26-14(19(29)30)10(7-33-18(13)26)16-22-5-6-32-16/h5-6,8-9,13,18H,1-4,7H2,(H2,21,23)(H,24,27)(H,29,30)/b25-12-/t13-,18-/m1/s1. The number of amides is 2. The summed E-state index contributed by atoms with van der Waals surface area (Å²) in [5.74, 6) is -2.00. The summed E-state index contributed by atoms with van der Waals surface area (Å²) in [5.41, 5.74) is 6.32. The van der Waals surface area contributed by atoms with Gasteiger partial charge in [-0.15, -0.1) is 34.4 Å². The van der Waals surface area contributed by atoms with Crippen LogP contribution in [0.5, 0.6) is 0 Å². The van der Waals surface area contributed by atoms with Crippen LogP contribution in [0.25, 0.3) is 5.57 Å². The van der Waals surface area contributed by atoms with E-state index in [4.69, 9.17) is 10.6 Å². The Labute approximate surface area is 206 Å². The summed E-state index contributed by atoms with van der Waals surface area (Å²) in [7, 11) is 0. The molecule has 2 atom stereocenters. The molecular weight excluding hydrogens is 500 g/mol. The summed E-state index contributed by atoms with van der Waals surface area (Å²) in [6.45, 7) is 0. The fourth-order valence-corrected chi connectivity index (χ4v) is 6.76. The third-order valence-electron chi connectivity index (χ3n) is 5.72. The summed E-state index contributed by atoms with van der Waals surface area (Å²) >= 11 is 3.84. The minimum atomic E-state index is -1.21. The number of carbonyl (C=O) groups excluding carboxylic acids is 2. The highest BCUT2D eigenvalue weighted by atomic mass is 32.2. The number of anilines is 1. The van der Waals surface area contributed by atoms with Gasteiger partial charge in [0.05, 0.1) is 0 Å². The van der Waals surface area contributed by atoms with Crippen molar-refractivity contribution >= 4 is 68.6 Å². The number of oxime groups is 1. The zero-order valence-corrected chi connectivity index (χ0v) is 20.1. The van der Waals surface area contributed by atoms with E-state index < -0.39 is 29.2 Å². The van der Waals surface area contributed by atoms with Gasteiger partial charge in [0, 0.05) is 28.3 Å². The monoisotopic (exact) mass is 520 g/mol. The van der Waals surface area contributed by atoms with Crippen molar-refractivity contribution in [2.75, 3.05) is 11.5 Å². The number of nitrogen functional groups attached to an aromatic ring is 1.